The minimum absolute atomic E-state index is 0.740. The van der Waals surface area contributed by atoms with Gasteiger partial charge in [0.15, 0.2) is 0 Å². The molecule has 0 aliphatic rings. The van der Waals surface area contributed by atoms with Crippen molar-refractivity contribution in [2.24, 2.45) is 0 Å². The van der Waals surface area contributed by atoms with E-state index in [0.29, 0.717) is 0 Å². The lowest BCUT2D eigenvalue weighted by Crippen LogP contribution is -1.99. The van der Waals surface area contributed by atoms with E-state index in [4.69, 9.17) is 14.2 Å². The van der Waals surface area contributed by atoms with Crippen molar-refractivity contribution < 1.29 is 14.2 Å². The maximum Gasteiger partial charge on any atom is 0.119 e. The third-order valence-electron chi connectivity index (χ3n) is 6.66. The third-order valence-corrected chi connectivity index (χ3v) is 6.66. The zero-order valence-corrected chi connectivity index (χ0v) is 25.2. The standard InChI is InChI=1S/C36H45N3O3/c1-4-7-22-40-34-16-10-28(11-17-34)37-31-25-32(38-29-12-18-35(19-13-29)41-23-8-5-2)27-33(26-31)39-30-14-20-36(21-15-30)42-24-9-6-3/h10-21,25-27,37-39H,4-9,22-24H2,1-3H3. The zero-order valence-electron chi connectivity index (χ0n) is 25.2. The molecule has 6 nitrogen and oxygen atoms in total. The number of rotatable bonds is 18. The number of hydrogen-bond acceptors (Lipinski definition) is 6. The number of unbranched alkanes of at least 4 members (excludes halogenated alkanes) is 3. The first-order valence-electron chi connectivity index (χ1n) is 15.3. The Bertz CT molecular complexity index is 1150. The molecule has 0 atom stereocenters. The van der Waals surface area contributed by atoms with Gasteiger partial charge in [0.2, 0.25) is 0 Å². The Kier molecular flexibility index (Phi) is 12.3. The van der Waals surface area contributed by atoms with E-state index in [9.17, 15) is 0 Å². The zero-order chi connectivity index (χ0) is 29.4. The molecule has 4 aromatic rings. The topological polar surface area (TPSA) is 63.8 Å². The summed E-state index contributed by atoms with van der Waals surface area (Å²) >= 11 is 0. The molecule has 0 amide bonds. The SMILES string of the molecule is CCCCOc1ccc(Nc2cc(Nc3ccc(OCCCC)cc3)cc(Nc3ccc(OCCCC)cc3)c2)cc1. The maximum absolute atomic E-state index is 5.83. The van der Waals surface area contributed by atoms with E-state index in [2.05, 4.69) is 54.9 Å². The van der Waals surface area contributed by atoms with Gasteiger partial charge in [0.05, 0.1) is 19.8 Å². The normalized spacial score (nSPS) is 10.6. The molecule has 42 heavy (non-hydrogen) atoms. The smallest absolute Gasteiger partial charge is 0.119 e. The monoisotopic (exact) mass is 567 g/mol. The summed E-state index contributed by atoms with van der Waals surface area (Å²) in [7, 11) is 0. The molecule has 222 valence electrons. The first-order chi connectivity index (χ1) is 20.6. The Labute approximate surface area is 251 Å². The Morgan fingerprint density at radius 1 is 0.381 bits per heavy atom. The lowest BCUT2D eigenvalue weighted by Gasteiger charge is -2.16. The highest BCUT2D eigenvalue weighted by Crippen LogP contribution is 2.31. The molecule has 0 saturated carbocycles. The highest BCUT2D eigenvalue weighted by Gasteiger charge is 2.06. The highest BCUT2D eigenvalue weighted by atomic mass is 16.5. The minimum atomic E-state index is 0.740. The van der Waals surface area contributed by atoms with Crippen LogP contribution in [-0.4, -0.2) is 19.8 Å². The first kappa shape index (κ1) is 30.6. The van der Waals surface area contributed by atoms with E-state index >= 15 is 0 Å². The van der Waals surface area contributed by atoms with E-state index in [1.807, 2.05) is 72.8 Å². The molecule has 4 rings (SSSR count). The molecule has 0 fully saturated rings. The van der Waals surface area contributed by atoms with E-state index in [-0.39, 0.29) is 0 Å². The van der Waals surface area contributed by atoms with Crippen LogP contribution in [0.15, 0.2) is 91.0 Å². The van der Waals surface area contributed by atoms with Crippen LogP contribution in [0.25, 0.3) is 0 Å². The fourth-order valence-electron chi connectivity index (χ4n) is 4.25. The Morgan fingerprint density at radius 3 is 0.881 bits per heavy atom. The molecular formula is C36H45N3O3. The average molecular weight is 568 g/mol. The maximum atomic E-state index is 5.83. The van der Waals surface area contributed by atoms with Crippen molar-refractivity contribution in [1.82, 2.24) is 0 Å². The number of nitrogens with one attached hydrogen (secondary N) is 3. The molecule has 0 radical (unpaired) electrons. The summed E-state index contributed by atoms with van der Waals surface area (Å²) in [6.45, 7) is 8.72. The largest absolute Gasteiger partial charge is 0.494 e. The molecule has 0 aliphatic heterocycles. The fourth-order valence-corrected chi connectivity index (χ4v) is 4.25. The van der Waals surface area contributed by atoms with Gasteiger partial charge in [0.25, 0.3) is 0 Å². The first-order valence-corrected chi connectivity index (χ1v) is 15.3. The van der Waals surface area contributed by atoms with Gasteiger partial charge in [-0.05, 0) is 110 Å². The second-order valence-corrected chi connectivity index (χ2v) is 10.4. The summed E-state index contributed by atoms with van der Waals surface area (Å²) in [5.74, 6) is 2.66. The van der Waals surface area contributed by atoms with Gasteiger partial charge >= 0.3 is 0 Å². The Balaban J connectivity index is 1.49. The van der Waals surface area contributed by atoms with Crippen molar-refractivity contribution in [3.05, 3.63) is 91.0 Å². The predicted octanol–water partition coefficient (Wildman–Crippen LogP) is 10.5. The highest BCUT2D eigenvalue weighted by molar-refractivity contribution is 5.76. The summed E-state index contributed by atoms with van der Waals surface area (Å²) in [4.78, 5) is 0. The van der Waals surface area contributed by atoms with Gasteiger partial charge in [-0.3, -0.25) is 0 Å². The van der Waals surface area contributed by atoms with Crippen molar-refractivity contribution in [3.8, 4) is 17.2 Å². The number of ether oxygens (including phenoxy) is 3. The summed E-state index contributed by atoms with van der Waals surface area (Å²) in [6, 6.07) is 30.6. The summed E-state index contributed by atoms with van der Waals surface area (Å²) in [5.41, 5.74) is 5.85. The van der Waals surface area contributed by atoms with Gasteiger partial charge in [0.1, 0.15) is 17.2 Å². The molecule has 6 heteroatoms. The van der Waals surface area contributed by atoms with Gasteiger partial charge in [-0.15, -0.1) is 0 Å². The lowest BCUT2D eigenvalue weighted by atomic mass is 10.2. The van der Waals surface area contributed by atoms with Gasteiger partial charge in [0, 0.05) is 34.1 Å². The van der Waals surface area contributed by atoms with E-state index in [1.54, 1.807) is 0 Å². The van der Waals surface area contributed by atoms with Gasteiger partial charge in [-0.25, -0.2) is 0 Å². The van der Waals surface area contributed by atoms with Crippen LogP contribution in [0.3, 0.4) is 0 Å². The van der Waals surface area contributed by atoms with Crippen LogP contribution in [0.5, 0.6) is 17.2 Å². The van der Waals surface area contributed by atoms with Gasteiger partial charge in [-0.1, -0.05) is 40.0 Å². The molecule has 3 N–H and O–H groups in total. The van der Waals surface area contributed by atoms with Crippen LogP contribution >= 0.6 is 0 Å². The van der Waals surface area contributed by atoms with Crippen molar-refractivity contribution in [3.63, 3.8) is 0 Å². The lowest BCUT2D eigenvalue weighted by molar-refractivity contribution is 0.309. The van der Waals surface area contributed by atoms with Gasteiger partial charge in [-0.2, -0.15) is 0 Å². The molecule has 0 aliphatic carbocycles. The molecule has 0 heterocycles. The van der Waals surface area contributed by atoms with Crippen molar-refractivity contribution in [2.45, 2.75) is 59.3 Å². The van der Waals surface area contributed by atoms with E-state index in [1.165, 1.54) is 0 Å². The summed E-state index contributed by atoms with van der Waals surface area (Å²) < 4.78 is 17.5. The van der Waals surface area contributed by atoms with Crippen LogP contribution in [0, 0.1) is 0 Å². The predicted molar refractivity (Wildman–Crippen MR) is 177 cm³/mol. The molecule has 0 bridgehead atoms. The summed E-state index contributed by atoms with van der Waals surface area (Å²) in [5, 5.41) is 10.7. The van der Waals surface area contributed by atoms with Gasteiger partial charge < -0.3 is 30.2 Å². The second kappa shape index (κ2) is 16.8. The number of anilines is 6. The second-order valence-electron chi connectivity index (χ2n) is 10.4. The van der Waals surface area contributed by atoms with Crippen LogP contribution in [-0.2, 0) is 0 Å². The quantitative estimate of drug-likeness (QED) is 0.104. The molecule has 0 aromatic heterocycles. The summed E-state index contributed by atoms with van der Waals surface area (Å²) in [6.07, 6.45) is 6.52. The van der Waals surface area contributed by atoms with Crippen molar-refractivity contribution in [2.75, 3.05) is 35.8 Å². The Hall–Kier alpha value is -4.32. The van der Waals surface area contributed by atoms with Crippen LogP contribution in [0.4, 0.5) is 34.1 Å². The molecule has 4 aromatic carbocycles. The van der Waals surface area contributed by atoms with E-state index < -0.39 is 0 Å². The molecule has 0 unspecified atom stereocenters. The third kappa shape index (κ3) is 10.3. The average Bonchev–Trinajstić information content (AvgIpc) is 3.00. The van der Waals surface area contributed by atoms with Crippen LogP contribution in [0.1, 0.15) is 59.3 Å². The van der Waals surface area contributed by atoms with Crippen LogP contribution < -0.4 is 30.2 Å². The Morgan fingerprint density at radius 2 is 0.643 bits per heavy atom. The minimum Gasteiger partial charge on any atom is -0.494 e. The van der Waals surface area contributed by atoms with E-state index in [0.717, 1.165) is 110 Å². The fraction of sp³-hybridized carbons (Fsp3) is 0.333. The number of hydrogen-bond donors (Lipinski definition) is 3. The van der Waals surface area contributed by atoms with Crippen LogP contribution in [0.2, 0.25) is 0 Å². The molecular weight excluding hydrogens is 522 g/mol. The van der Waals surface area contributed by atoms with Crippen molar-refractivity contribution in [1.29, 1.82) is 0 Å². The van der Waals surface area contributed by atoms with Crippen molar-refractivity contribution >= 4 is 34.1 Å². The number of benzene rings is 4. The molecule has 0 spiro atoms. The molecule has 0 saturated heterocycles.